The zero-order valence-corrected chi connectivity index (χ0v) is 16.7. The van der Waals surface area contributed by atoms with Gasteiger partial charge in [-0.15, -0.1) is 0 Å². The van der Waals surface area contributed by atoms with Gasteiger partial charge in [0.25, 0.3) is 11.6 Å². The third-order valence-corrected chi connectivity index (χ3v) is 4.25. The van der Waals surface area contributed by atoms with Gasteiger partial charge in [0, 0.05) is 18.3 Å². The Labute approximate surface area is 179 Å². The lowest BCUT2D eigenvalue weighted by atomic mass is 10.2. The third-order valence-electron chi connectivity index (χ3n) is 3.95. The van der Waals surface area contributed by atoms with Gasteiger partial charge in [0.05, 0.1) is 15.6 Å². The zero-order valence-electron chi connectivity index (χ0n) is 15.9. The van der Waals surface area contributed by atoms with E-state index >= 15 is 0 Å². The van der Waals surface area contributed by atoms with E-state index in [0.717, 1.165) is 11.6 Å². The number of nitrogens with zero attached hydrogens (tertiary/aromatic N) is 3. The van der Waals surface area contributed by atoms with E-state index in [0.29, 0.717) is 0 Å². The molecule has 0 saturated carbocycles. The number of benzene rings is 2. The molecule has 12 heteroatoms. The lowest BCUT2D eigenvalue weighted by molar-refractivity contribution is -0.384. The minimum atomic E-state index is -3.04. The Hall–Kier alpha value is -3.73. The van der Waals surface area contributed by atoms with Crippen molar-refractivity contribution in [3.63, 3.8) is 0 Å². The van der Waals surface area contributed by atoms with Crippen LogP contribution >= 0.6 is 11.6 Å². The van der Waals surface area contributed by atoms with Crippen LogP contribution in [0.15, 0.2) is 48.7 Å². The molecule has 0 aliphatic rings. The minimum absolute atomic E-state index is 0.00268. The Balaban J connectivity index is 1.67. The molecule has 1 N–H and O–H groups in total. The van der Waals surface area contributed by atoms with Crippen LogP contribution in [0.25, 0.3) is 0 Å². The first-order valence-corrected chi connectivity index (χ1v) is 9.07. The SMILES string of the molecule is Cc1ccc(OC(F)F)c(NC(=O)c2ccn(COc3ccc([N+](=O)[O-])cc3Cl)n2)c1. The van der Waals surface area contributed by atoms with Crippen LogP contribution in [-0.2, 0) is 6.73 Å². The van der Waals surface area contributed by atoms with E-state index in [1.54, 1.807) is 13.0 Å². The number of hydrogen-bond donors (Lipinski definition) is 1. The first kappa shape index (κ1) is 22.0. The highest BCUT2D eigenvalue weighted by atomic mass is 35.5. The first-order chi connectivity index (χ1) is 14.7. The highest BCUT2D eigenvalue weighted by Crippen LogP contribution is 2.29. The maximum absolute atomic E-state index is 12.6. The Morgan fingerprint density at radius 3 is 2.68 bits per heavy atom. The van der Waals surface area contributed by atoms with Gasteiger partial charge in [-0.2, -0.15) is 13.9 Å². The number of anilines is 1. The summed E-state index contributed by atoms with van der Waals surface area (Å²) in [6, 6.07) is 9.54. The molecule has 0 saturated heterocycles. The van der Waals surface area contributed by atoms with Crippen LogP contribution in [0.3, 0.4) is 0 Å². The van der Waals surface area contributed by atoms with E-state index in [1.165, 1.54) is 41.2 Å². The monoisotopic (exact) mass is 452 g/mol. The summed E-state index contributed by atoms with van der Waals surface area (Å²) in [6.07, 6.45) is 1.46. The van der Waals surface area contributed by atoms with Gasteiger partial charge in [0.2, 0.25) is 0 Å². The lowest BCUT2D eigenvalue weighted by Gasteiger charge is -2.12. The van der Waals surface area contributed by atoms with Crippen LogP contribution < -0.4 is 14.8 Å². The number of amides is 1. The summed E-state index contributed by atoms with van der Waals surface area (Å²) in [5, 5.41) is 17.3. The summed E-state index contributed by atoms with van der Waals surface area (Å²) in [4.78, 5) is 22.6. The second kappa shape index (κ2) is 9.39. The van der Waals surface area contributed by atoms with E-state index in [2.05, 4.69) is 15.2 Å². The van der Waals surface area contributed by atoms with Crippen LogP contribution in [0.1, 0.15) is 16.1 Å². The normalized spacial score (nSPS) is 10.7. The minimum Gasteiger partial charge on any atom is -0.470 e. The van der Waals surface area contributed by atoms with Crippen LogP contribution in [0.4, 0.5) is 20.2 Å². The number of ether oxygens (including phenoxy) is 2. The highest BCUT2D eigenvalue weighted by molar-refractivity contribution is 6.32. The molecule has 9 nitrogen and oxygen atoms in total. The van der Waals surface area contributed by atoms with Gasteiger partial charge in [-0.05, 0) is 36.8 Å². The number of nitro benzene ring substituents is 1. The van der Waals surface area contributed by atoms with E-state index in [4.69, 9.17) is 16.3 Å². The number of aromatic nitrogens is 2. The fourth-order valence-corrected chi connectivity index (χ4v) is 2.77. The van der Waals surface area contributed by atoms with E-state index in [9.17, 15) is 23.7 Å². The number of hydrogen-bond acceptors (Lipinski definition) is 6. The second-order valence-corrected chi connectivity index (χ2v) is 6.63. The number of alkyl halides is 2. The molecule has 1 amide bonds. The molecule has 0 radical (unpaired) electrons. The molecule has 2 aromatic carbocycles. The van der Waals surface area contributed by atoms with Gasteiger partial charge in [-0.1, -0.05) is 17.7 Å². The number of rotatable bonds is 8. The Bertz CT molecular complexity index is 1120. The van der Waals surface area contributed by atoms with Gasteiger partial charge >= 0.3 is 6.61 Å². The maximum Gasteiger partial charge on any atom is 0.387 e. The topological polar surface area (TPSA) is 109 Å². The molecule has 31 heavy (non-hydrogen) atoms. The second-order valence-electron chi connectivity index (χ2n) is 6.22. The molecule has 0 atom stereocenters. The smallest absolute Gasteiger partial charge is 0.387 e. The van der Waals surface area contributed by atoms with Crippen LogP contribution in [-0.4, -0.2) is 27.2 Å². The van der Waals surface area contributed by atoms with Crippen molar-refractivity contribution >= 4 is 28.9 Å². The fraction of sp³-hybridized carbons (Fsp3) is 0.158. The van der Waals surface area contributed by atoms with Gasteiger partial charge in [0.15, 0.2) is 12.4 Å². The maximum atomic E-state index is 12.6. The van der Waals surface area contributed by atoms with Gasteiger partial charge in [-0.3, -0.25) is 14.9 Å². The predicted molar refractivity (Wildman–Crippen MR) is 107 cm³/mol. The third kappa shape index (κ3) is 5.66. The number of nitro groups is 1. The van der Waals surface area contributed by atoms with Crippen molar-refractivity contribution < 1.29 is 28.0 Å². The molecule has 0 aliphatic carbocycles. The van der Waals surface area contributed by atoms with Crippen molar-refractivity contribution in [2.24, 2.45) is 0 Å². The molecule has 1 aromatic heterocycles. The molecule has 1 heterocycles. The molecule has 3 aromatic rings. The quantitative estimate of drug-likeness (QED) is 0.394. The van der Waals surface area contributed by atoms with Crippen LogP contribution in [0, 0.1) is 17.0 Å². The summed E-state index contributed by atoms with van der Waals surface area (Å²) in [7, 11) is 0. The number of halogens is 3. The molecule has 0 fully saturated rings. The molecule has 3 rings (SSSR count). The summed E-state index contributed by atoms with van der Waals surface area (Å²) >= 11 is 5.96. The van der Waals surface area contributed by atoms with Crippen molar-refractivity contribution in [1.29, 1.82) is 0 Å². The fourth-order valence-electron chi connectivity index (χ4n) is 2.54. The molecule has 162 valence electrons. The van der Waals surface area contributed by atoms with Crippen molar-refractivity contribution in [3.05, 3.63) is 75.1 Å². The zero-order chi connectivity index (χ0) is 22.5. The average Bonchev–Trinajstić information content (AvgIpc) is 3.18. The van der Waals surface area contributed by atoms with Crippen molar-refractivity contribution in [3.8, 4) is 11.5 Å². The molecule has 0 spiro atoms. The van der Waals surface area contributed by atoms with Gasteiger partial charge in [0.1, 0.15) is 11.5 Å². The molecule has 0 aliphatic heterocycles. The lowest BCUT2D eigenvalue weighted by Crippen LogP contribution is -2.16. The summed E-state index contributed by atoms with van der Waals surface area (Å²) in [5.74, 6) is -0.622. The Morgan fingerprint density at radius 1 is 1.26 bits per heavy atom. The average molecular weight is 453 g/mol. The van der Waals surface area contributed by atoms with Crippen molar-refractivity contribution in [2.45, 2.75) is 20.3 Å². The first-order valence-electron chi connectivity index (χ1n) is 8.70. The summed E-state index contributed by atoms with van der Waals surface area (Å²) in [6.45, 7) is -1.44. The standard InChI is InChI=1S/C19H15ClF2N4O5/c1-11-2-4-17(31-19(21)22)15(8-11)23-18(27)14-6-7-25(24-14)10-30-16-5-3-12(26(28)29)9-13(16)20/h2-9,19H,10H2,1H3,(H,23,27). The number of carbonyl (C=O) groups is 1. The number of aryl methyl sites for hydroxylation is 1. The predicted octanol–water partition coefficient (Wildman–Crippen LogP) is 4.64. The number of non-ortho nitro benzene ring substituents is 1. The van der Waals surface area contributed by atoms with E-state index in [-0.39, 0.29) is 40.3 Å². The van der Waals surface area contributed by atoms with Crippen LogP contribution in [0.5, 0.6) is 11.5 Å². The molecule has 0 unspecified atom stereocenters. The van der Waals surface area contributed by atoms with Crippen molar-refractivity contribution in [1.82, 2.24) is 9.78 Å². The van der Waals surface area contributed by atoms with Gasteiger partial charge < -0.3 is 14.8 Å². The Kier molecular flexibility index (Phi) is 6.65. The molecular formula is C19H15ClF2N4O5. The number of nitrogens with one attached hydrogen (secondary N) is 1. The van der Waals surface area contributed by atoms with Gasteiger partial charge in [-0.25, -0.2) is 4.68 Å². The molecule has 0 bridgehead atoms. The summed E-state index contributed by atoms with van der Waals surface area (Å²) < 4.78 is 36.3. The molecular weight excluding hydrogens is 438 g/mol. The Morgan fingerprint density at radius 2 is 2.00 bits per heavy atom. The van der Waals surface area contributed by atoms with E-state index in [1.807, 2.05) is 0 Å². The largest absolute Gasteiger partial charge is 0.470 e. The highest BCUT2D eigenvalue weighted by Gasteiger charge is 2.16. The van der Waals surface area contributed by atoms with Crippen molar-refractivity contribution in [2.75, 3.05) is 5.32 Å². The van der Waals surface area contributed by atoms with E-state index < -0.39 is 17.4 Å². The van der Waals surface area contributed by atoms with Crippen LogP contribution in [0.2, 0.25) is 5.02 Å². The summed E-state index contributed by atoms with van der Waals surface area (Å²) in [5.41, 5.74) is 0.634. The number of carbonyl (C=O) groups excluding carboxylic acids is 1.